The lowest BCUT2D eigenvalue weighted by molar-refractivity contribution is 0.0966. The van der Waals surface area contributed by atoms with Crippen molar-refractivity contribution >= 4 is 33.0 Å². The number of carbonyl (C=O) groups excluding carboxylic acids is 1. The Morgan fingerprint density at radius 2 is 1.77 bits per heavy atom. The molecule has 0 radical (unpaired) electrons. The lowest BCUT2D eigenvalue weighted by Gasteiger charge is -2.09. The van der Waals surface area contributed by atoms with E-state index in [0.717, 1.165) is 15.8 Å². The average molecular weight is 310 g/mol. The molecule has 0 saturated carbocycles. The second-order valence-electron chi connectivity index (χ2n) is 5.50. The molecule has 1 heterocycles. The number of hydrazine groups is 1. The summed E-state index contributed by atoms with van der Waals surface area (Å²) in [5.41, 5.74) is 7.86. The highest BCUT2D eigenvalue weighted by molar-refractivity contribution is 7.20. The molecule has 0 spiro atoms. The van der Waals surface area contributed by atoms with Crippen molar-refractivity contribution < 1.29 is 4.79 Å². The lowest BCUT2D eigenvalue weighted by atomic mass is 10.0. The van der Waals surface area contributed by atoms with Crippen molar-refractivity contribution in [3.05, 3.63) is 65.0 Å². The van der Waals surface area contributed by atoms with Crippen LogP contribution in [-0.2, 0) is 0 Å². The Kier molecular flexibility index (Phi) is 4.11. The summed E-state index contributed by atoms with van der Waals surface area (Å²) in [6.07, 6.45) is 0. The van der Waals surface area contributed by atoms with Gasteiger partial charge in [-0.15, -0.1) is 11.3 Å². The summed E-state index contributed by atoms with van der Waals surface area (Å²) < 4.78 is 1.12. The van der Waals surface area contributed by atoms with E-state index < -0.39 is 0 Å². The highest BCUT2D eigenvalue weighted by Crippen LogP contribution is 2.25. The van der Waals surface area contributed by atoms with Crippen LogP contribution in [0.15, 0.2) is 54.6 Å². The number of benzene rings is 2. The molecule has 0 unspecified atom stereocenters. The van der Waals surface area contributed by atoms with Crippen molar-refractivity contribution in [2.24, 2.45) is 0 Å². The van der Waals surface area contributed by atoms with E-state index >= 15 is 0 Å². The smallest absolute Gasteiger partial charge is 0.279 e. The van der Waals surface area contributed by atoms with Crippen molar-refractivity contribution in [2.75, 3.05) is 5.43 Å². The maximum atomic E-state index is 12.2. The molecule has 0 atom stereocenters. The largest absolute Gasteiger partial charge is 0.298 e. The Morgan fingerprint density at radius 3 is 2.45 bits per heavy atom. The van der Waals surface area contributed by atoms with Gasteiger partial charge in [-0.05, 0) is 41.1 Å². The highest BCUT2D eigenvalue weighted by atomic mass is 32.1. The van der Waals surface area contributed by atoms with Gasteiger partial charge in [0.25, 0.3) is 5.91 Å². The van der Waals surface area contributed by atoms with Gasteiger partial charge in [-0.2, -0.15) is 0 Å². The summed E-state index contributed by atoms with van der Waals surface area (Å²) >= 11 is 1.49. The van der Waals surface area contributed by atoms with Gasteiger partial charge in [0.1, 0.15) is 0 Å². The zero-order chi connectivity index (χ0) is 15.5. The van der Waals surface area contributed by atoms with Gasteiger partial charge in [-0.3, -0.25) is 15.6 Å². The van der Waals surface area contributed by atoms with E-state index in [4.69, 9.17) is 0 Å². The first-order chi connectivity index (χ1) is 10.6. The van der Waals surface area contributed by atoms with Crippen LogP contribution in [0.4, 0.5) is 5.69 Å². The number of fused-ring (bicyclic) bond motifs is 1. The minimum Gasteiger partial charge on any atom is -0.298 e. The van der Waals surface area contributed by atoms with Crippen molar-refractivity contribution in [1.82, 2.24) is 5.43 Å². The molecule has 4 heteroatoms. The summed E-state index contributed by atoms with van der Waals surface area (Å²) in [7, 11) is 0. The first kappa shape index (κ1) is 14.6. The first-order valence-corrected chi connectivity index (χ1v) is 8.10. The van der Waals surface area contributed by atoms with Gasteiger partial charge in [0.2, 0.25) is 0 Å². The van der Waals surface area contributed by atoms with Gasteiger partial charge in [0, 0.05) is 4.70 Å². The SMILES string of the molecule is CC(C)c1ccc(NNC(=O)c2cc3ccccc3s2)cc1. The molecule has 3 rings (SSSR count). The number of hydrogen-bond donors (Lipinski definition) is 2. The van der Waals surface area contributed by atoms with Crippen LogP contribution >= 0.6 is 11.3 Å². The molecule has 1 amide bonds. The van der Waals surface area contributed by atoms with Crippen LogP contribution in [-0.4, -0.2) is 5.91 Å². The molecule has 0 aliphatic carbocycles. The number of carbonyl (C=O) groups is 1. The maximum absolute atomic E-state index is 12.2. The van der Waals surface area contributed by atoms with Crippen LogP contribution < -0.4 is 10.9 Å². The number of nitrogens with one attached hydrogen (secondary N) is 2. The number of amides is 1. The summed E-state index contributed by atoms with van der Waals surface area (Å²) in [6, 6.07) is 18.0. The summed E-state index contributed by atoms with van der Waals surface area (Å²) in [5, 5.41) is 1.10. The molecule has 0 aliphatic rings. The van der Waals surface area contributed by atoms with Crippen LogP contribution in [0.25, 0.3) is 10.1 Å². The minimum absolute atomic E-state index is 0.117. The molecular weight excluding hydrogens is 292 g/mol. The molecule has 2 aromatic carbocycles. The maximum Gasteiger partial charge on any atom is 0.279 e. The molecule has 0 aliphatic heterocycles. The third kappa shape index (κ3) is 3.12. The normalized spacial score (nSPS) is 10.9. The fourth-order valence-corrected chi connectivity index (χ4v) is 3.19. The number of rotatable bonds is 4. The molecule has 1 aromatic heterocycles. The van der Waals surface area contributed by atoms with Gasteiger partial charge >= 0.3 is 0 Å². The molecule has 0 fully saturated rings. The lowest BCUT2D eigenvalue weighted by Crippen LogP contribution is -2.28. The second kappa shape index (κ2) is 6.20. The van der Waals surface area contributed by atoms with Gasteiger partial charge in [-0.1, -0.05) is 44.2 Å². The highest BCUT2D eigenvalue weighted by Gasteiger charge is 2.09. The topological polar surface area (TPSA) is 41.1 Å². The van der Waals surface area contributed by atoms with E-state index in [1.807, 2.05) is 42.5 Å². The molecule has 3 nitrogen and oxygen atoms in total. The third-order valence-electron chi connectivity index (χ3n) is 3.55. The Bertz CT molecular complexity index is 757. The standard InChI is InChI=1S/C18H18N2OS/c1-12(2)13-7-9-15(10-8-13)19-20-18(21)17-11-14-5-3-4-6-16(14)22-17/h3-12,19H,1-2H3,(H,20,21). The molecule has 0 saturated heterocycles. The van der Waals surface area contributed by atoms with E-state index in [0.29, 0.717) is 10.8 Å². The summed E-state index contributed by atoms with van der Waals surface area (Å²) in [4.78, 5) is 12.9. The van der Waals surface area contributed by atoms with Crippen LogP contribution in [0.2, 0.25) is 0 Å². The minimum atomic E-state index is -0.117. The zero-order valence-corrected chi connectivity index (χ0v) is 13.4. The van der Waals surface area contributed by atoms with Crippen molar-refractivity contribution in [3.63, 3.8) is 0 Å². The van der Waals surface area contributed by atoms with E-state index in [2.05, 4.69) is 36.8 Å². The van der Waals surface area contributed by atoms with Gasteiger partial charge in [-0.25, -0.2) is 0 Å². The summed E-state index contributed by atoms with van der Waals surface area (Å²) in [5.74, 6) is 0.385. The fraction of sp³-hybridized carbons (Fsp3) is 0.167. The number of anilines is 1. The van der Waals surface area contributed by atoms with E-state index in [9.17, 15) is 4.79 Å². The number of hydrogen-bond acceptors (Lipinski definition) is 3. The summed E-state index contributed by atoms with van der Waals surface area (Å²) in [6.45, 7) is 4.32. The predicted molar refractivity (Wildman–Crippen MR) is 93.4 cm³/mol. The second-order valence-corrected chi connectivity index (χ2v) is 6.59. The Hall–Kier alpha value is -2.33. The van der Waals surface area contributed by atoms with Crippen LogP contribution in [0.1, 0.15) is 35.0 Å². The van der Waals surface area contributed by atoms with Crippen molar-refractivity contribution in [3.8, 4) is 0 Å². The van der Waals surface area contributed by atoms with Crippen LogP contribution in [0.5, 0.6) is 0 Å². The Balaban J connectivity index is 1.66. The predicted octanol–water partition coefficient (Wildman–Crippen LogP) is 4.78. The van der Waals surface area contributed by atoms with E-state index in [-0.39, 0.29) is 5.91 Å². The first-order valence-electron chi connectivity index (χ1n) is 7.28. The Morgan fingerprint density at radius 1 is 1.05 bits per heavy atom. The molecule has 22 heavy (non-hydrogen) atoms. The van der Waals surface area contributed by atoms with Crippen LogP contribution in [0.3, 0.4) is 0 Å². The average Bonchev–Trinajstić information content (AvgIpc) is 2.97. The molecule has 0 bridgehead atoms. The van der Waals surface area contributed by atoms with Gasteiger partial charge in [0.05, 0.1) is 10.6 Å². The van der Waals surface area contributed by atoms with Crippen LogP contribution in [0, 0.1) is 0 Å². The van der Waals surface area contributed by atoms with Gasteiger partial charge < -0.3 is 0 Å². The molecular formula is C18H18N2OS. The molecule has 2 N–H and O–H groups in total. The van der Waals surface area contributed by atoms with Crippen molar-refractivity contribution in [2.45, 2.75) is 19.8 Å². The molecule has 112 valence electrons. The third-order valence-corrected chi connectivity index (χ3v) is 4.66. The quantitative estimate of drug-likeness (QED) is 0.681. The number of thiophene rings is 1. The molecule has 3 aromatic rings. The van der Waals surface area contributed by atoms with Crippen molar-refractivity contribution in [1.29, 1.82) is 0 Å². The van der Waals surface area contributed by atoms with Gasteiger partial charge in [0.15, 0.2) is 0 Å². The zero-order valence-electron chi connectivity index (χ0n) is 12.6. The Labute approximate surface area is 134 Å². The fourth-order valence-electron chi connectivity index (χ4n) is 2.24. The van der Waals surface area contributed by atoms with E-state index in [1.165, 1.54) is 16.9 Å². The van der Waals surface area contributed by atoms with E-state index in [1.54, 1.807) is 0 Å². The monoisotopic (exact) mass is 310 g/mol.